The lowest BCUT2D eigenvalue weighted by Crippen LogP contribution is -2.44. The number of amides is 2. The van der Waals surface area contributed by atoms with Crippen LogP contribution in [-0.2, 0) is 9.53 Å². The van der Waals surface area contributed by atoms with E-state index in [1.165, 1.54) is 7.11 Å². The summed E-state index contributed by atoms with van der Waals surface area (Å²) in [7, 11) is 1.36. The molecule has 6 heteroatoms. The molecule has 0 saturated carbocycles. The normalized spacial score (nSPS) is 17.7. The molecule has 1 atom stereocenters. The fraction of sp³-hybridized carbons (Fsp3) is 0.400. The van der Waals surface area contributed by atoms with Crippen LogP contribution in [0.2, 0.25) is 0 Å². The first-order valence-electron chi connectivity index (χ1n) is 6.78. The van der Waals surface area contributed by atoms with Gasteiger partial charge in [-0.2, -0.15) is 5.26 Å². The number of piperidine rings is 1. The molecule has 2 amide bonds. The summed E-state index contributed by atoms with van der Waals surface area (Å²) in [5, 5.41) is 11.6. The number of hydrogen-bond donors (Lipinski definition) is 1. The van der Waals surface area contributed by atoms with Gasteiger partial charge in [0.2, 0.25) is 0 Å². The van der Waals surface area contributed by atoms with Gasteiger partial charge in [0.05, 0.1) is 24.7 Å². The number of benzene rings is 1. The van der Waals surface area contributed by atoms with Gasteiger partial charge >= 0.3 is 12.0 Å². The highest BCUT2D eigenvalue weighted by molar-refractivity contribution is 5.90. The molecule has 1 N–H and O–H groups in total. The van der Waals surface area contributed by atoms with Crippen molar-refractivity contribution in [1.29, 1.82) is 5.26 Å². The van der Waals surface area contributed by atoms with Crippen LogP contribution in [0.5, 0.6) is 0 Å². The number of methoxy groups -OCH3 is 1. The van der Waals surface area contributed by atoms with Gasteiger partial charge in [-0.05, 0) is 31.0 Å². The van der Waals surface area contributed by atoms with Crippen molar-refractivity contribution in [3.8, 4) is 6.07 Å². The highest BCUT2D eigenvalue weighted by Crippen LogP contribution is 2.19. The number of carbonyl (C=O) groups is 2. The first-order valence-corrected chi connectivity index (χ1v) is 6.78. The van der Waals surface area contributed by atoms with Gasteiger partial charge in [0, 0.05) is 18.8 Å². The fourth-order valence-corrected chi connectivity index (χ4v) is 2.39. The molecule has 0 aliphatic carbocycles. The van der Waals surface area contributed by atoms with Crippen LogP contribution in [0, 0.1) is 17.2 Å². The Morgan fingerprint density at radius 2 is 2.29 bits per heavy atom. The molecule has 1 heterocycles. The molecule has 1 aromatic rings. The lowest BCUT2D eigenvalue weighted by atomic mass is 9.98. The van der Waals surface area contributed by atoms with Crippen LogP contribution in [0.1, 0.15) is 18.4 Å². The molecule has 110 valence electrons. The maximum atomic E-state index is 12.2. The van der Waals surface area contributed by atoms with E-state index in [1.807, 2.05) is 6.07 Å². The van der Waals surface area contributed by atoms with Crippen molar-refractivity contribution in [3.05, 3.63) is 29.8 Å². The Kier molecular flexibility index (Phi) is 4.77. The molecule has 1 aliphatic heterocycles. The van der Waals surface area contributed by atoms with Crippen molar-refractivity contribution in [2.45, 2.75) is 12.8 Å². The Bertz CT molecular complexity index is 580. The second-order valence-electron chi connectivity index (χ2n) is 4.93. The van der Waals surface area contributed by atoms with E-state index < -0.39 is 0 Å². The molecular weight excluding hydrogens is 270 g/mol. The van der Waals surface area contributed by atoms with E-state index in [2.05, 4.69) is 5.32 Å². The SMILES string of the molecule is COC(=O)[C@H]1CCCN(C(=O)Nc2cccc(C#N)c2)C1. The molecule has 0 unspecified atom stereocenters. The number of nitrogens with one attached hydrogen (secondary N) is 1. The number of hydrogen-bond acceptors (Lipinski definition) is 4. The summed E-state index contributed by atoms with van der Waals surface area (Å²) in [6.45, 7) is 0.966. The Morgan fingerprint density at radius 1 is 1.48 bits per heavy atom. The predicted molar refractivity (Wildman–Crippen MR) is 76.5 cm³/mol. The second-order valence-corrected chi connectivity index (χ2v) is 4.93. The summed E-state index contributed by atoms with van der Waals surface area (Å²) in [5.74, 6) is -0.543. The second kappa shape index (κ2) is 6.75. The number of urea groups is 1. The van der Waals surface area contributed by atoms with Crippen LogP contribution in [0.15, 0.2) is 24.3 Å². The Balaban J connectivity index is 1.99. The van der Waals surface area contributed by atoms with Crippen molar-refractivity contribution >= 4 is 17.7 Å². The molecule has 0 radical (unpaired) electrons. The smallest absolute Gasteiger partial charge is 0.321 e. The standard InChI is InChI=1S/C15H17N3O3/c1-21-14(19)12-5-3-7-18(10-12)15(20)17-13-6-2-4-11(8-13)9-16/h2,4,6,8,12H,3,5,7,10H2,1H3,(H,17,20)/t12-/m0/s1. The summed E-state index contributed by atoms with van der Waals surface area (Å²) in [6.07, 6.45) is 1.51. The minimum atomic E-state index is -0.279. The van der Waals surface area contributed by atoms with Gasteiger partial charge in [-0.3, -0.25) is 4.79 Å². The average Bonchev–Trinajstić information content (AvgIpc) is 2.54. The molecular formula is C15H17N3O3. The van der Waals surface area contributed by atoms with E-state index >= 15 is 0 Å². The minimum absolute atomic E-state index is 0.264. The number of nitrogens with zero attached hydrogens (tertiary/aromatic N) is 2. The van der Waals surface area contributed by atoms with Gasteiger partial charge < -0.3 is 15.0 Å². The van der Waals surface area contributed by atoms with Gasteiger partial charge in [0.1, 0.15) is 0 Å². The minimum Gasteiger partial charge on any atom is -0.469 e. The van der Waals surface area contributed by atoms with Crippen LogP contribution in [-0.4, -0.2) is 37.1 Å². The Morgan fingerprint density at radius 3 is 3.00 bits per heavy atom. The van der Waals surface area contributed by atoms with Crippen LogP contribution >= 0.6 is 0 Å². The topological polar surface area (TPSA) is 82.4 Å². The van der Waals surface area contributed by atoms with E-state index in [-0.39, 0.29) is 17.9 Å². The summed E-state index contributed by atoms with van der Waals surface area (Å²) in [5.41, 5.74) is 1.05. The van der Waals surface area contributed by atoms with E-state index in [9.17, 15) is 9.59 Å². The van der Waals surface area contributed by atoms with Gasteiger partial charge in [-0.15, -0.1) is 0 Å². The molecule has 1 aromatic carbocycles. The van der Waals surface area contributed by atoms with Crippen molar-refractivity contribution in [1.82, 2.24) is 4.90 Å². The number of likely N-dealkylation sites (tertiary alicyclic amines) is 1. The molecule has 1 fully saturated rings. The summed E-state index contributed by atoms with van der Waals surface area (Å²) >= 11 is 0. The Labute approximate surface area is 123 Å². The van der Waals surface area contributed by atoms with Gasteiger partial charge in [-0.1, -0.05) is 6.07 Å². The average molecular weight is 287 g/mol. The van der Waals surface area contributed by atoms with E-state index in [1.54, 1.807) is 29.2 Å². The third-order valence-corrected chi connectivity index (χ3v) is 3.49. The van der Waals surface area contributed by atoms with Crippen LogP contribution in [0.25, 0.3) is 0 Å². The highest BCUT2D eigenvalue weighted by Gasteiger charge is 2.29. The van der Waals surface area contributed by atoms with Crippen molar-refractivity contribution < 1.29 is 14.3 Å². The molecule has 1 saturated heterocycles. The number of esters is 1. The molecule has 1 aliphatic rings. The zero-order chi connectivity index (χ0) is 15.2. The van der Waals surface area contributed by atoms with Crippen LogP contribution in [0.4, 0.5) is 10.5 Å². The molecule has 2 rings (SSSR count). The number of rotatable bonds is 2. The number of ether oxygens (including phenoxy) is 1. The summed E-state index contributed by atoms with van der Waals surface area (Å²) in [4.78, 5) is 25.4. The monoisotopic (exact) mass is 287 g/mol. The summed E-state index contributed by atoms with van der Waals surface area (Å²) in [6, 6.07) is 8.47. The lowest BCUT2D eigenvalue weighted by Gasteiger charge is -2.31. The zero-order valence-electron chi connectivity index (χ0n) is 11.8. The third kappa shape index (κ3) is 3.72. The van der Waals surface area contributed by atoms with Gasteiger partial charge in [-0.25, -0.2) is 4.79 Å². The predicted octanol–water partition coefficient (Wildman–Crippen LogP) is 1.98. The van der Waals surface area contributed by atoms with E-state index in [0.29, 0.717) is 24.3 Å². The van der Waals surface area contributed by atoms with E-state index in [4.69, 9.17) is 10.00 Å². The van der Waals surface area contributed by atoms with Crippen molar-refractivity contribution in [2.75, 3.05) is 25.5 Å². The number of nitriles is 1. The lowest BCUT2D eigenvalue weighted by molar-refractivity contribution is -0.146. The van der Waals surface area contributed by atoms with Crippen molar-refractivity contribution in [2.24, 2.45) is 5.92 Å². The zero-order valence-corrected chi connectivity index (χ0v) is 11.8. The van der Waals surface area contributed by atoms with Crippen molar-refractivity contribution in [3.63, 3.8) is 0 Å². The maximum Gasteiger partial charge on any atom is 0.321 e. The first kappa shape index (κ1) is 14.9. The van der Waals surface area contributed by atoms with Gasteiger partial charge in [0.15, 0.2) is 0 Å². The molecule has 0 aromatic heterocycles. The largest absolute Gasteiger partial charge is 0.469 e. The maximum absolute atomic E-state index is 12.2. The highest BCUT2D eigenvalue weighted by atomic mass is 16.5. The molecule has 21 heavy (non-hydrogen) atoms. The third-order valence-electron chi connectivity index (χ3n) is 3.49. The van der Waals surface area contributed by atoms with Crippen LogP contribution < -0.4 is 5.32 Å². The number of anilines is 1. The van der Waals surface area contributed by atoms with E-state index in [0.717, 1.165) is 12.8 Å². The quantitative estimate of drug-likeness (QED) is 0.843. The van der Waals surface area contributed by atoms with Gasteiger partial charge in [0.25, 0.3) is 0 Å². The molecule has 6 nitrogen and oxygen atoms in total. The van der Waals surface area contributed by atoms with Crippen LogP contribution in [0.3, 0.4) is 0 Å². The summed E-state index contributed by atoms with van der Waals surface area (Å²) < 4.78 is 4.73. The molecule has 0 bridgehead atoms. The fourth-order valence-electron chi connectivity index (χ4n) is 2.39. The number of carbonyl (C=O) groups excluding carboxylic acids is 2. The first-order chi connectivity index (χ1) is 10.1. The Hall–Kier alpha value is -2.55. The molecule has 0 spiro atoms.